The molecule has 17 heavy (non-hydrogen) atoms. The van der Waals surface area contributed by atoms with Gasteiger partial charge in [-0.05, 0) is 35.1 Å². The summed E-state index contributed by atoms with van der Waals surface area (Å²) < 4.78 is 16.0. The number of nitrogens with zero attached hydrogens (tertiary/aromatic N) is 2. The number of rotatable bonds is 2. The first-order chi connectivity index (χ1) is 8.20. The molecule has 0 aliphatic rings. The van der Waals surface area contributed by atoms with E-state index in [-0.39, 0.29) is 5.82 Å². The van der Waals surface area contributed by atoms with Gasteiger partial charge in [-0.25, -0.2) is 9.37 Å². The number of imidazole rings is 2. The van der Waals surface area contributed by atoms with Crippen molar-refractivity contribution in [1.82, 2.24) is 19.7 Å². The number of benzene rings is 1. The Morgan fingerprint density at radius 3 is 3.12 bits per heavy atom. The molecule has 0 unspecified atom stereocenters. The highest BCUT2D eigenvalue weighted by atomic mass is 79.9. The average Bonchev–Trinajstić information content (AvgIpc) is 2.78. The minimum atomic E-state index is -0.262. The highest BCUT2D eigenvalue weighted by Crippen LogP contribution is 2.25. The Bertz CT molecular complexity index is 700. The van der Waals surface area contributed by atoms with Crippen LogP contribution in [0.3, 0.4) is 0 Å². The van der Waals surface area contributed by atoms with Crippen LogP contribution < -0.4 is 5.32 Å². The van der Waals surface area contributed by atoms with Gasteiger partial charge in [0.25, 0.3) is 0 Å². The normalized spacial score (nSPS) is 11.7. The van der Waals surface area contributed by atoms with Crippen molar-refractivity contribution < 1.29 is 4.39 Å². The summed E-state index contributed by atoms with van der Waals surface area (Å²) in [6.07, 6.45) is 0. The predicted molar refractivity (Wildman–Crippen MR) is 67.5 cm³/mol. The lowest BCUT2D eigenvalue weighted by Crippen LogP contribution is -2.05. The molecule has 0 aliphatic carbocycles. The zero-order chi connectivity index (χ0) is 12.0. The van der Waals surface area contributed by atoms with E-state index in [1.54, 1.807) is 6.07 Å². The second-order valence-electron chi connectivity index (χ2n) is 3.83. The molecule has 0 bridgehead atoms. The molecule has 0 aliphatic heterocycles. The summed E-state index contributed by atoms with van der Waals surface area (Å²) in [7, 11) is 1.87. The number of aromatic amines is 1. The van der Waals surface area contributed by atoms with Gasteiger partial charge in [0.15, 0.2) is 0 Å². The van der Waals surface area contributed by atoms with Crippen molar-refractivity contribution in [1.29, 1.82) is 0 Å². The number of hydrogen-bond acceptors (Lipinski definition) is 2. The molecule has 88 valence electrons. The van der Waals surface area contributed by atoms with Crippen molar-refractivity contribution in [2.24, 2.45) is 0 Å². The summed E-state index contributed by atoms with van der Waals surface area (Å²) in [4.78, 5) is 7.60. The maximum absolute atomic E-state index is 13.2. The predicted octanol–water partition coefficient (Wildman–Crippen LogP) is 2.44. The van der Waals surface area contributed by atoms with Gasteiger partial charge in [0.05, 0.1) is 16.7 Å². The van der Waals surface area contributed by atoms with E-state index in [1.807, 2.05) is 11.4 Å². The van der Waals surface area contributed by atoms with Crippen LogP contribution in [0.25, 0.3) is 16.8 Å². The minimum absolute atomic E-state index is 0.262. The lowest BCUT2D eigenvalue weighted by atomic mass is 10.3. The molecule has 2 heterocycles. The molecule has 2 N–H and O–H groups in total. The quantitative estimate of drug-likeness (QED) is 0.763. The summed E-state index contributed by atoms with van der Waals surface area (Å²) in [5, 5.41) is 3.06. The maximum atomic E-state index is 13.2. The highest BCUT2D eigenvalue weighted by Gasteiger charge is 2.13. The molecular formula is C11H10BrFN4. The Morgan fingerprint density at radius 1 is 1.53 bits per heavy atom. The standard InChI is InChI=1S/C11H10BrFN4/c1-14-5-8-10(12)17-9-4-6(13)2-3-7(9)15-11(17)16-8/h2-4,14H,5H2,1H3,(H,15,16). The van der Waals surface area contributed by atoms with Crippen LogP contribution in [0, 0.1) is 5.82 Å². The summed E-state index contributed by atoms with van der Waals surface area (Å²) in [5.74, 6) is 0.449. The van der Waals surface area contributed by atoms with Gasteiger partial charge < -0.3 is 10.3 Å². The van der Waals surface area contributed by atoms with Crippen LogP contribution >= 0.6 is 15.9 Å². The van der Waals surface area contributed by atoms with Gasteiger partial charge >= 0.3 is 0 Å². The van der Waals surface area contributed by atoms with Gasteiger partial charge in [-0.3, -0.25) is 4.40 Å². The lowest BCUT2D eigenvalue weighted by Gasteiger charge is -1.97. The molecular weight excluding hydrogens is 287 g/mol. The third kappa shape index (κ3) is 1.56. The summed E-state index contributed by atoms with van der Waals surface area (Å²) >= 11 is 3.51. The molecule has 0 saturated heterocycles. The van der Waals surface area contributed by atoms with Crippen molar-refractivity contribution in [3.63, 3.8) is 0 Å². The Kier molecular flexibility index (Phi) is 2.41. The second-order valence-corrected chi connectivity index (χ2v) is 4.58. The second kappa shape index (κ2) is 3.82. The first-order valence-electron chi connectivity index (χ1n) is 5.19. The molecule has 0 amide bonds. The summed E-state index contributed by atoms with van der Waals surface area (Å²) in [5.41, 5.74) is 2.51. The molecule has 0 fully saturated rings. The molecule has 6 heteroatoms. The van der Waals surface area contributed by atoms with Crippen LogP contribution in [0.5, 0.6) is 0 Å². The zero-order valence-corrected chi connectivity index (χ0v) is 10.7. The average molecular weight is 297 g/mol. The van der Waals surface area contributed by atoms with E-state index in [0.717, 1.165) is 21.3 Å². The van der Waals surface area contributed by atoms with Crippen molar-refractivity contribution in [3.8, 4) is 0 Å². The van der Waals surface area contributed by atoms with E-state index in [9.17, 15) is 4.39 Å². The molecule has 3 rings (SSSR count). The van der Waals surface area contributed by atoms with Crippen LogP contribution in [0.4, 0.5) is 4.39 Å². The third-order valence-corrected chi connectivity index (χ3v) is 3.51. The Morgan fingerprint density at radius 2 is 2.35 bits per heavy atom. The number of hydrogen-bond donors (Lipinski definition) is 2. The third-order valence-electron chi connectivity index (χ3n) is 2.68. The Balaban J connectivity index is 2.36. The first-order valence-corrected chi connectivity index (χ1v) is 5.98. The molecule has 0 radical (unpaired) electrons. The number of nitrogens with one attached hydrogen (secondary N) is 2. The Labute approximate surface area is 105 Å². The van der Waals surface area contributed by atoms with Gasteiger partial charge in [-0.15, -0.1) is 0 Å². The largest absolute Gasteiger partial charge is 0.325 e. The molecule has 0 spiro atoms. The topological polar surface area (TPSA) is 45.1 Å². The number of fused-ring (bicyclic) bond motifs is 3. The molecule has 0 atom stereocenters. The fourth-order valence-electron chi connectivity index (χ4n) is 1.95. The van der Waals surface area contributed by atoms with Crippen LogP contribution in [0.2, 0.25) is 0 Å². The van der Waals surface area contributed by atoms with Crippen LogP contribution in [0.15, 0.2) is 22.8 Å². The monoisotopic (exact) mass is 296 g/mol. The molecule has 3 aromatic rings. The van der Waals surface area contributed by atoms with E-state index in [1.165, 1.54) is 12.1 Å². The smallest absolute Gasteiger partial charge is 0.213 e. The fourth-order valence-corrected chi connectivity index (χ4v) is 2.54. The van der Waals surface area contributed by atoms with E-state index < -0.39 is 0 Å². The Hall–Kier alpha value is -1.40. The zero-order valence-electron chi connectivity index (χ0n) is 9.09. The summed E-state index contributed by atoms with van der Waals surface area (Å²) in [6.45, 7) is 0.695. The van der Waals surface area contributed by atoms with Crippen LogP contribution in [-0.4, -0.2) is 21.4 Å². The molecule has 0 saturated carbocycles. The number of halogens is 2. The van der Waals surface area contributed by atoms with Crippen molar-refractivity contribution >= 4 is 32.7 Å². The SMILES string of the molecule is CNCc1[nH]c2nc3ccc(F)cc3n2c1Br. The van der Waals surface area contributed by atoms with Crippen molar-refractivity contribution in [3.05, 3.63) is 34.3 Å². The lowest BCUT2D eigenvalue weighted by molar-refractivity contribution is 0.629. The van der Waals surface area contributed by atoms with Gasteiger partial charge in [0.2, 0.25) is 5.78 Å². The van der Waals surface area contributed by atoms with Crippen molar-refractivity contribution in [2.75, 3.05) is 7.05 Å². The summed E-state index contributed by atoms with van der Waals surface area (Å²) in [6, 6.07) is 4.57. The van der Waals surface area contributed by atoms with Gasteiger partial charge in [0, 0.05) is 12.6 Å². The fraction of sp³-hybridized carbons (Fsp3) is 0.182. The maximum Gasteiger partial charge on any atom is 0.213 e. The minimum Gasteiger partial charge on any atom is -0.325 e. The highest BCUT2D eigenvalue weighted by molar-refractivity contribution is 9.10. The van der Waals surface area contributed by atoms with Gasteiger partial charge in [-0.2, -0.15) is 0 Å². The number of aromatic nitrogens is 3. The van der Waals surface area contributed by atoms with Crippen LogP contribution in [0.1, 0.15) is 5.69 Å². The number of H-pyrrole nitrogens is 1. The van der Waals surface area contributed by atoms with E-state index >= 15 is 0 Å². The van der Waals surface area contributed by atoms with Crippen molar-refractivity contribution in [2.45, 2.75) is 6.54 Å². The first kappa shape index (κ1) is 10.7. The molecule has 1 aromatic carbocycles. The van der Waals surface area contributed by atoms with Gasteiger partial charge in [0.1, 0.15) is 10.4 Å². The van der Waals surface area contributed by atoms with Crippen LogP contribution in [-0.2, 0) is 6.54 Å². The van der Waals surface area contributed by atoms with E-state index in [2.05, 4.69) is 31.2 Å². The molecule has 2 aromatic heterocycles. The molecule has 4 nitrogen and oxygen atoms in total. The van der Waals surface area contributed by atoms with E-state index in [0.29, 0.717) is 12.3 Å². The van der Waals surface area contributed by atoms with E-state index in [4.69, 9.17) is 0 Å². The van der Waals surface area contributed by atoms with Gasteiger partial charge in [-0.1, -0.05) is 0 Å².